The molecule has 2 aliphatic rings. The van der Waals surface area contributed by atoms with Crippen LogP contribution in [-0.4, -0.2) is 68.2 Å². The summed E-state index contributed by atoms with van der Waals surface area (Å²) in [4.78, 5) is 26.1. The highest BCUT2D eigenvalue weighted by atomic mass is 32.2. The van der Waals surface area contributed by atoms with Crippen molar-refractivity contribution in [3.63, 3.8) is 0 Å². The van der Waals surface area contributed by atoms with E-state index in [2.05, 4.69) is 0 Å². The Morgan fingerprint density at radius 1 is 1.06 bits per heavy atom. The number of piperazine rings is 1. The minimum absolute atomic E-state index is 0.0513. The zero-order valence-corrected chi connectivity index (χ0v) is 11.1. The molecule has 18 heavy (non-hydrogen) atoms. The summed E-state index contributed by atoms with van der Waals surface area (Å²) in [6.45, 7) is 2.25. The van der Waals surface area contributed by atoms with Crippen LogP contribution < -0.4 is 0 Å². The molecule has 0 spiro atoms. The number of hydrogen-bond acceptors (Lipinski definition) is 4. The maximum absolute atomic E-state index is 12.2. The summed E-state index contributed by atoms with van der Waals surface area (Å²) in [5.74, 6) is 0.141. The zero-order chi connectivity index (χ0) is 13.2. The molecule has 0 aromatic rings. The number of rotatable bonds is 2. The van der Waals surface area contributed by atoms with Crippen LogP contribution in [0.15, 0.2) is 0 Å². The van der Waals surface area contributed by atoms with Crippen LogP contribution in [0.4, 0.5) is 0 Å². The maximum atomic E-state index is 12.2. The standard InChI is InChI=1S/C11H18N2O4S/c14-9-12-3-5-13(6-4-12)11(15)10-1-7-18(16,17)8-2-10/h9-10H,1-8H2. The van der Waals surface area contributed by atoms with E-state index >= 15 is 0 Å². The van der Waals surface area contributed by atoms with Crippen LogP contribution in [0.2, 0.25) is 0 Å². The lowest BCUT2D eigenvalue weighted by molar-refractivity contribution is -0.139. The lowest BCUT2D eigenvalue weighted by Gasteiger charge is -2.35. The lowest BCUT2D eigenvalue weighted by atomic mass is 10.0. The first-order valence-corrected chi connectivity index (χ1v) is 8.02. The second kappa shape index (κ2) is 5.26. The monoisotopic (exact) mass is 274 g/mol. The fourth-order valence-corrected chi connectivity index (χ4v) is 3.93. The molecule has 0 aromatic carbocycles. The molecule has 2 aliphatic heterocycles. The topological polar surface area (TPSA) is 74.8 Å². The summed E-state index contributed by atoms with van der Waals surface area (Å²) in [6.07, 6.45) is 1.68. The molecule has 0 bridgehead atoms. The smallest absolute Gasteiger partial charge is 0.225 e. The summed E-state index contributed by atoms with van der Waals surface area (Å²) in [5.41, 5.74) is 0. The van der Waals surface area contributed by atoms with Gasteiger partial charge < -0.3 is 9.80 Å². The number of amides is 2. The fraction of sp³-hybridized carbons (Fsp3) is 0.818. The Balaban J connectivity index is 1.87. The van der Waals surface area contributed by atoms with Gasteiger partial charge in [-0.1, -0.05) is 0 Å². The van der Waals surface area contributed by atoms with Gasteiger partial charge in [-0.2, -0.15) is 0 Å². The van der Waals surface area contributed by atoms with Crippen molar-refractivity contribution in [1.29, 1.82) is 0 Å². The average Bonchev–Trinajstić information content (AvgIpc) is 2.38. The zero-order valence-electron chi connectivity index (χ0n) is 10.2. The Morgan fingerprint density at radius 3 is 2.11 bits per heavy atom. The molecular formula is C11H18N2O4S. The third-order valence-corrected chi connectivity index (χ3v) is 5.39. The second-order valence-corrected chi connectivity index (χ2v) is 7.20. The van der Waals surface area contributed by atoms with Crippen LogP contribution in [0.5, 0.6) is 0 Å². The second-order valence-electron chi connectivity index (χ2n) is 4.89. The molecule has 2 saturated heterocycles. The first-order valence-electron chi connectivity index (χ1n) is 6.20. The third kappa shape index (κ3) is 3.01. The molecule has 0 aliphatic carbocycles. The molecule has 0 N–H and O–H groups in total. The minimum Gasteiger partial charge on any atom is -0.342 e. The van der Waals surface area contributed by atoms with Gasteiger partial charge in [0.25, 0.3) is 0 Å². The first kappa shape index (κ1) is 13.3. The summed E-state index contributed by atoms with van der Waals surface area (Å²) in [7, 11) is -2.92. The summed E-state index contributed by atoms with van der Waals surface area (Å²) < 4.78 is 22.6. The summed E-state index contributed by atoms with van der Waals surface area (Å²) in [5, 5.41) is 0. The highest BCUT2D eigenvalue weighted by Gasteiger charge is 2.32. The molecule has 7 heteroatoms. The average molecular weight is 274 g/mol. The van der Waals surface area contributed by atoms with E-state index in [4.69, 9.17) is 0 Å². The largest absolute Gasteiger partial charge is 0.342 e. The van der Waals surface area contributed by atoms with Crippen molar-refractivity contribution >= 4 is 22.2 Å². The molecule has 2 rings (SSSR count). The minimum atomic E-state index is -2.92. The van der Waals surface area contributed by atoms with Gasteiger partial charge in [-0.3, -0.25) is 9.59 Å². The van der Waals surface area contributed by atoms with Crippen molar-refractivity contribution in [3.05, 3.63) is 0 Å². The molecule has 102 valence electrons. The Kier molecular flexibility index (Phi) is 3.89. The van der Waals surface area contributed by atoms with Gasteiger partial charge in [0.2, 0.25) is 12.3 Å². The molecule has 0 aromatic heterocycles. The number of hydrogen-bond donors (Lipinski definition) is 0. The van der Waals surface area contributed by atoms with Gasteiger partial charge in [0, 0.05) is 32.1 Å². The molecule has 0 saturated carbocycles. The lowest BCUT2D eigenvalue weighted by Crippen LogP contribution is -2.50. The molecular weight excluding hydrogens is 256 g/mol. The van der Waals surface area contributed by atoms with Crippen molar-refractivity contribution < 1.29 is 18.0 Å². The molecule has 2 fully saturated rings. The van der Waals surface area contributed by atoms with Crippen molar-refractivity contribution in [1.82, 2.24) is 9.80 Å². The van der Waals surface area contributed by atoms with E-state index in [0.29, 0.717) is 39.0 Å². The fourth-order valence-electron chi connectivity index (χ4n) is 2.44. The molecule has 6 nitrogen and oxygen atoms in total. The Morgan fingerprint density at radius 2 is 1.61 bits per heavy atom. The number of nitrogens with zero attached hydrogens (tertiary/aromatic N) is 2. The Bertz CT molecular complexity index is 412. The van der Waals surface area contributed by atoms with E-state index in [-0.39, 0.29) is 23.3 Å². The van der Waals surface area contributed by atoms with E-state index in [1.165, 1.54) is 0 Å². The van der Waals surface area contributed by atoms with E-state index in [9.17, 15) is 18.0 Å². The maximum Gasteiger partial charge on any atom is 0.225 e. The SMILES string of the molecule is O=CN1CCN(C(=O)C2CCS(=O)(=O)CC2)CC1. The molecule has 0 atom stereocenters. The van der Waals surface area contributed by atoms with Gasteiger partial charge in [-0.05, 0) is 12.8 Å². The molecule has 2 heterocycles. The van der Waals surface area contributed by atoms with Gasteiger partial charge in [0.05, 0.1) is 11.5 Å². The van der Waals surface area contributed by atoms with Gasteiger partial charge >= 0.3 is 0 Å². The predicted octanol–water partition coefficient (Wildman–Crippen LogP) is -0.888. The van der Waals surface area contributed by atoms with E-state index in [0.717, 1.165) is 6.41 Å². The Hall–Kier alpha value is -1.11. The van der Waals surface area contributed by atoms with Crippen LogP contribution in [0.3, 0.4) is 0 Å². The first-order chi connectivity index (χ1) is 8.52. The third-order valence-electron chi connectivity index (χ3n) is 3.68. The van der Waals surface area contributed by atoms with Crippen molar-refractivity contribution in [2.24, 2.45) is 5.92 Å². The van der Waals surface area contributed by atoms with Crippen LogP contribution in [0, 0.1) is 5.92 Å². The summed E-state index contributed by atoms with van der Waals surface area (Å²) in [6, 6.07) is 0. The van der Waals surface area contributed by atoms with Crippen LogP contribution in [0.1, 0.15) is 12.8 Å². The Labute approximate surface area is 107 Å². The van der Waals surface area contributed by atoms with Gasteiger partial charge in [0.15, 0.2) is 0 Å². The van der Waals surface area contributed by atoms with E-state index in [1.807, 2.05) is 0 Å². The molecule has 0 radical (unpaired) electrons. The van der Waals surface area contributed by atoms with E-state index < -0.39 is 9.84 Å². The molecule has 2 amide bonds. The molecule has 0 unspecified atom stereocenters. The van der Waals surface area contributed by atoms with Crippen LogP contribution in [-0.2, 0) is 19.4 Å². The van der Waals surface area contributed by atoms with Gasteiger partial charge in [-0.15, -0.1) is 0 Å². The van der Waals surface area contributed by atoms with Gasteiger partial charge in [-0.25, -0.2) is 8.42 Å². The van der Waals surface area contributed by atoms with Gasteiger partial charge in [0.1, 0.15) is 9.84 Å². The number of carbonyl (C=O) groups is 2. The van der Waals surface area contributed by atoms with Crippen LogP contribution >= 0.6 is 0 Å². The number of carbonyl (C=O) groups excluding carboxylic acids is 2. The quantitative estimate of drug-likeness (QED) is 0.612. The highest BCUT2D eigenvalue weighted by Crippen LogP contribution is 2.21. The van der Waals surface area contributed by atoms with E-state index in [1.54, 1.807) is 9.80 Å². The predicted molar refractivity (Wildman–Crippen MR) is 65.6 cm³/mol. The van der Waals surface area contributed by atoms with Crippen molar-refractivity contribution in [3.8, 4) is 0 Å². The normalized spacial score (nSPS) is 24.9. The van der Waals surface area contributed by atoms with Crippen LogP contribution in [0.25, 0.3) is 0 Å². The number of sulfone groups is 1. The van der Waals surface area contributed by atoms with Crippen molar-refractivity contribution in [2.75, 3.05) is 37.7 Å². The van der Waals surface area contributed by atoms with Crippen molar-refractivity contribution in [2.45, 2.75) is 12.8 Å². The highest BCUT2D eigenvalue weighted by molar-refractivity contribution is 7.91. The summed E-state index contributed by atoms with van der Waals surface area (Å²) >= 11 is 0.